The lowest BCUT2D eigenvalue weighted by Crippen LogP contribution is -2.33. The molecule has 6 heteroatoms. The van der Waals surface area contributed by atoms with Crippen LogP contribution in [0.4, 0.5) is 0 Å². The van der Waals surface area contributed by atoms with Crippen molar-refractivity contribution in [2.24, 2.45) is 0 Å². The average Bonchev–Trinajstić information content (AvgIpc) is 3.21. The summed E-state index contributed by atoms with van der Waals surface area (Å²) >= 11 is 0. The summed E-state index contributed by atoms with van der Waals surface area (Å²) in [5, 5.41) is 12.5. The molecular weight excluding hydrogens is 304 g/mol. The number of carbonyl (C=O) groups excluding carboxylic acids is 1. The summed E-state index contributed by atoms with van der Waals surface area (Å²) in [5.74, 6) is -0.169. The van der Waals surface area contributed by atoms with Crippen LogP contribution < -0.4 is 5.32 Å². The quantitative estimate of drug-likeness (QED) is 0.773. The van der Waals surface area contributed by atoms with E-state index in [1.165, 1.54) is 0 Å². The van der Waals surface area contributed by atoms with Crippen LogP contribution in [-0.2, 0) is 0 Å². The summed E-state index contributed by atoms with van der Waals surface area (Å²) in [6.07, 6.45) is 5.14. The van der Waals surface area contributed by atoms with Gasteiger partial charge in [0, 0.05) is 17.9 Å². The summed E-state index contributed by atoms with van der Waals surface area (Å²) < 4.78 is 1.89. The Labute approximate surface area is 139 Å². The number of pyridine rings is 1. The van der Waals surface area contributed by atoms with E-state index in [-0.39, 0.29) is 18.1 Å². The predicted molar refractivity (Wildman–Crippen MR) is 90.0 cm³/mol. The number of para-hydroxylation sites is 1. The van der Waals surface area contributed by atoms with Gasteiger partial charge >= 0.3 is 0 Å². The first kappa shape index (κ1) is 14.8. The monoisotopic (exact) mass is 322 g/mol. The molecule has 6 nitrogen and oxygen atoms in total. The SMILES string of the molecule is O=C(N[C@@H]1CC[C@H](O)C1)c1cnc2c(c1)ncn2-c1ccccc1. The summed E-state index contributed by atoms with van der Waals surface area (Å²) in [5.41, 5.74) is 2.86. The zero-order valence-corrected chi connectivity index (χ0v) is 13.1. The van der Waals surface area contributed by atoms with Crippen LogP contribution in [0.3, 0.4) is 0 Å². The van der Waals surface area contributed by atoms with Crippen molar-refractivity contribution in [3.8, 4) is 5.69 Å². The zero-order chi connectivity index (χ0) is 16.5. The number of nitrogens with one attached hydrogen (secondary N) is 1. The van der Waals surface area contributed by atoms with Crippen molar-refractivity contribution in [3.05, 3.63) is 54.5 Å². The molecular formula is C18H18N4O2. The van der Waals surface area contributed by atoms with Gasteiger partial charge in [-0.3, -0.25) is 9.36 Å². The van der Waals surface area contributed by atoms with Gasteiger partial charge in [0.1, 0.15) is 11.8 Å². The Morgan fingerprint density at radius 1 is 1.21 bits per heavy atom. The van der Waals surface area contributed by atoms with Crippen molar-refractivity contribution in [1.29, 1.82) is 0 Å². The van der Waals surface area contributed by atoms with Gasteiger partial charge in [-0.1, -0.05) is 18.2 Å². The first-order chi connectivity index (χ1) is 11.7. The molecule has 122 valence electrons. The maximum absolute atomic E-state index is 12.4. The lowest BCUT2D eigenvalue weighted by molar-refractivity contribution is 0.0933. The van der Waals surface area contributed by atoms with Gasteiger partial charge in [0.2, 0.25) is 0 Å². The molecule has 1 fully saturated rings. The topological polar surface area (TPSA) is 80.0 Å². The molecule has 1 amide bonds. The number of benzene rings is 1. The van der Waals surface area contributed by atoms with Crippen LogP contribution in [0.1, 0.15) is 29.6 Å². The minimum absolute atomic E-state index is 0.0325. The number of aliphatic hydroxyl groups excluding tert-OH is 1. The molecule has 1 aromatic carbocycles. The van der Waals surface area contributed by atoms with E-state index >= 15 is 0 Å². The number of imidazole rings is 1. The van der Waals surface area contributed by atoms with Crippen molar-refractivity contribution < 1.29 is 9.90 Å². The minimum atomic E-state index is -0.308. The Kier molecular flexibility index (Phi) is 3.74. The first-order valence-corrected chi connectivity index (χ1v) is 8.08. The Morgan fingerprint density at radius 3 is 2.79 bits per heavy atom. The lowest BCUT2D eigenvalue weighted by Gasteiger charge is -2.12. The summed E-state index contributed by atoms with van der Waals surface area (Å²) in [4.78, 5) is 21.1. The predicted octanol–water partition coefficient (Wildman–Crippen LogP) is 2.06. The van der Waals surface area contributed by atoms with Crippen LogP contribution in [-0.4, -0.2) is 37.7 Å². The van der Waals surface area contributed by atoms with Gasteiger partial charge in [0.25, 0.3) is 5.91 Å². The van der Waals surface area contributed by atoms with Crippen LogP contribution in [0.5, 0.6) is 0 Å². The van der Waals surface area contributed by atoms with Crippen molar-refractivity contribution in [2.45, 2.75) is 31.4 Å². The minimum Gasteiger partial charge on any atom is -0.393 e. The largest absolute Gasteiger partial charge is 0.393 e. The fourth-order valence-electron chi connectivity index (χ4n) is 3.16. The Bertz CT molecular complexity index is 875. The molecule has 2 heterocycles. The van der Waals surface area contributed by atoms with Crippen LogP contribution in [0.2, 0.25) is 0 Å². The second-order valence-electron chi connectivity index (χ2n) is 6.15. The molecule has 0 saturated heterocycles. The van der Waals surface area contributed by atoms with Gasteiger partial charge < -0.3 is 10.4 Å². The van der Waals surface area contributed by atoms with E-state index in [4.69, 9.17) is 0 Å². The Morgan fingerprint density at radius 2 is 2.04 bits per heavy atom. The summed E-state index contributed by atoms with van der Waals surface area (Å²) in [7, 11) is 0. The van der Waals surface area contributed by atoms with Crippen molar-refractivity contribution in [3.63, 3.8) is 0 Å². The molecule has 0 bridgehead atoms. The van der Waals surface area contributed by atoms with E-state index in [0.717, 1.165) is 18.5 Å². The molecule has 1 aliphatic carbocycles. The molecule has 0 radical (unpaired) electrons. The van der Waals surface area contributed by atoms with Gasteiger partial charge in [-0.25, -0.2) is 9.97 Å². The van der Waals surface area contributed by atoms with E-state index in [0.29, 0.717) is 23.1 Å². The number of hydrogen-bond donors (Lipinski definition) is 2. The maximum atomic E-state index is 12.4. The van der Waals surface area contributed by atoms with Gasteiger partial charge in [-0.15, -0.1) is 0 Å². The number of fused-ring (bicyclic) bond motifs is 1. The number of hydrogen-bond acceptors (Lipinski definition) is 4. The smallest absolute Gasteiger partial charge is 0.253 e. The third-order valence-corrected chi connectivity index (χ3v) is 4.42. The van der Waals surface area contributed by atoms with Crippen LogP contribution in [0, 0.1) is 0 Å². The van der Waals surface area contributed by atoms with Gasteiger partial charge in [0.15, 0.2) is 5.65 Å². The molecule has 1 aliphatic rings. The molecule has 2 aromatic heterocycles. The molecule has 1 saturated carbocycles. The average molecular weight is 322 g/mol. The number of nitrogens with zero attached hydrogens (tertiary/aromatic N) is 3. The molecule has 24 heavy (non-hydrogen) atoms. The van der Waals surface area contributed by atoms with E-state index in [2.05, 4.69) is 15.3 Å². The van der Waals surface area contributed by atoms with Gasteiger partial charge in [-0.2, -0.15) is 0 Å². The van der Waals surface area contributed by atoms with Crippen LogP contribution in [0.25, 0.3) is 16.9 Å². The molecule has 0 spiro atoms. The highest BCUT2D eigenvalue weighted by Crippen LogP contribution is 2.20. The third-order valence-electron chi connectivity index (χ3n) is 4.42. The molecule has 2 N–H and O–H groups in total. The van der Waals surface area contributed by atoms with Crippen LogP contribution >= 0.6 is 0 Å². The number of carbonyl (C=O) groups is 1. The fraction of sp³-hybridized carbons (Fsp3) is 0.278. The van der Waals surface area contributed by atoms with E-state index < -0.39 is 0 Å². The Hall–Kier alpha value is -2.73. The number of aliphatic hydroxyl groups is 1. The second-order valence-corrected chi connectivity index (χ2v) is 6.15. The molecule has 0 aliphatic heterocycles. The third kappa shape index (κ3) is 2.76. The standard InChI is InChI=1S/C18H18N4O2/c23-15-7-6-13(9-15)21-18(24)12-8-16-17(19-10-12)22(11-20-16)14-4-2-1-3-5-14/h1-5,8,10-11,13,15,23H,6-7,9H2,(H,21,24)/t13-,15+/m1/s1. The van der Waals surface area contributed by atoms with Crippen molar-refractivity contribution in [2.75, 3.05) is 0 Å². The number of amides is 1. The summed E-state index contributed by atoms with van der Waals surface area (Å²) in [6, 6.07) is 11.6. The van der Waals surface area contributed by atoms with Gasteiger partial charge in [0.05, 0.1) is 11.7 Å². The first-order valence-electron chi connectivity index (χ1n) is 8.08. The van der Waals surface area contributed by atoms with E-state index in [1.54, 1.807) is 18.6 Å². The highest BCUT2D eigenvalue weighted by atomic mass is 16.3. The molecule has 4 rings (SSSR count). The highest BCUT2D eigenvalue weighted by Gasteiger charge is 2.24. The number of aromatic nitrogens is 3. The maximum Gasteiger partial charge on any atom is 0.253 e. The van der Waals surface area contributed by atoms with E-state index in [9.17, 15) is 9.90 Å². The van der Waals surface area contributed by atoms with Crippen molar-refractivity contribution >= 4 is 17.1 Å². The van der Waals surface area contributed by atoms with Gasteiger partial charge in [-0.05, 0) is 37.5 Å². The van der Waals surface area contributed by atoms with E-state index in [1.807, 2.05) is 34.9 Å². The van der Waals surface area contributed by atoms with Crippen molar-refractivity contribution in [1.82, 2.24) is 19.9 Å². The number of rotatable bonds is 3. The highest BCUT2D eigenvalue weighted by molar-refractivity contribution is 5.96. The molecule has 2 atom stereocenters. The lowest BCUT2D eigenvalue weighted by atomic mass is 10.2. The second kappa shape index (κ2) is 6.05. The fourth-order valence-corrected chi connectivity index (χ4v) is 3.16. The molecule has 3 aromatic rings. The zero-order valence-electron chi connectivity index (χ0n) is 13.1. The molecule has 0 unspecified atom stereocenters. The van der Waals surface area contributed by atoms with Crippen LogP contribution in [0.15, 0.2) is 48.9 Å². The summed E-state index contributed by atoms with van der Waals surface area (Å²) in [6.45, 7) is 0. The Balaban J connectivity index is 1.59. The normalized spacial score (nSPS) is 20.4.